The van der Waals surface area contributed by atoms with Gasteiger partial charge in [0.2, 0.25) is 0 Å². The minimum absolute atomic E-state index is 0.507. The molecule has 0 aliphatic heterocycles. The van der Waals surface area contributed by atoms with E-state index in [1.807, 2.05) is 6.07 Å². The standard InChI is InChI=1S/C16H19NO2/c1-11-4-5-12(2)13(8-11)10-19-16-9-14(17)6-7-15(16)18-3/h4-9H,10,17H2,1-3H3. The van der Waals surface area contributed by atoms with Crippen LogP contribution in [0.1, 0.15) is 16.7 Å². The fourth-order valence-electron chi connectivity index (χ4n) is 1.92. The maximum Gasteiger partial charge on any atom is 0.163 e. The predicted molar refractivity (Wildman–Crippen MR) is 77.7 cm³/mol. The molecule has 0 aliphatic carbocycles. The second-order valence-corrected chi connectivity index (χ2v) is 4.63. The van der Waals surface area contributed by atoms with Gasteiger partial charge in [-0.15, -0.1) is 0 Å². The molecule has 0 saturated carbocycles. The largest absolute Gasteiger partial charge is 0.493 e. The normalized spacial score (nSPS) is 10.3. The van der Waals surface area contributed by atoms with Crippen molar-refractivity contribution in [1.82, 2.24) is 0 Å². The highest BCUT2D eigenvalue weighted by molar-refractivity contribution is 5.52. The van der Waals surface area contributed by atoms with E-state index in [1.54, 1.807) is 19.2 Å². The Kier molecular flexibility index (Phi) is 3.95. The van der Waals surface area contributed by atoms with Crippen molar-refractivity contribution in [3.05, 3.63) is 53.1 Å². The van der Waals surface area contributed by atoms with Crippen molar-refractivity contribution < 1.29 is 9.47 Å². The molecule has 0 heterocycles. The molecule has 0 atom stereocenters. The zero-order valence-corrected chi connectivity index (χ0v) is 11.6. The molecule has 19 heavy (non-hydrogen) atoms. The number of nitrogens with two attached hydrogens (primary N) is 1. The molecular weight excluding hydrogens is 238 g/mol. The van der Waals surface area contributed by atoms with E-state index in [1.165, 1.54) is 16.7 Å². The first-order valence-electron chi connectivity index (χ1n) is 6.22. The summed E-state index contributed by atoms with van der Waals surface area (Å²) in [5, 5.41) is 0. The topological polar surface area (TPSA) is 44.5 Å². The Hall–Kier alpha value is -2.16. The van der Waals surface area contributed by atoms with E-state index in [0.717, 1.165) is 0 Å². The van der Waals surface area contributed by atoms with Gasteiger partial charge in [0.1, 0.15) is 6.61 Å². The lowest BCUT2D eigenvalue weighted by Gasteiger charge is -2.13. The minimum Gasteiger partial charge on any atom is -0.493 e. The van der Waals surface area contributed by atoms with Gasteiger partial charge in [0.25, 0.3) is 0 Å². The Morgan fingerprint density at radius 2 is 1.79 bits per heavy atom. The third-order valence-electron chi connectivity index (χ3n) is 3.08. The van der Waals surface area contributed by atoms with E-state index in [2.05, 4.69) is 32.0 Å². The fraction of sp³-hybridized carbons (Fsp3) is 0.250. The van der Waals surface area contributed by atoms with Crippen LogP contribution in [0.5, 0.6) is 11.5 Å². The maximum absolute atomic E-state index is 5.83. The number of aryl methyl sites for hydroxylation is 2. The summed E-state index contributed by atoms with van der Waals surface area (Å²) in [5.41, 5.74) is 10.0. The Morgan fingerprint density at radius 1 is 1.00 bits per heavy atom. The van der Waals surface area contributed by atoms with Gasteiger partial charge in [0.05, 0.1) is 7.11 Å². The van der Waals surface area contributed by atoms with Gasteiger partial charge in [-0.2, -0.15) is 0 Å². The first-order chi connectivity index (χ1) is 9.10. The minimum atomic E-state index is 0.507. The molecule has 100 valence electrons. The van der Waals surface area contributed by atoms with Crippen LogP contribution in [-0.2, 0) is 6.61 Å². The summed E-state index contributed by atoms with van der Waals surface area (Å²) in [4.78, 5) is 0. The van der Waals surface area contributed by atoms with Crippen LogP contribution in [0.4, 0.5) is 5.69 Å². The molecule has 3 heteroatoms. The molecule has 0 fully saturated rings. The van der Waals surface area contributed by atoms with E-state index in [4.69, 9.17) is 15.2 Å². The summed E-state index contributed by atoms with van der Waals surface area (Å²) >= 11 is 0. The van der Waals surface area contributed by atoms with Crippen LogP contribution in [-0.4, -0.2) is 7.11 Å². The first-order valence-corrected chi connectivity index (χ1v) is 6.22. The van der Waals surface area contributed by atoms with E-state index in [-0.39, 0.29) is 0 Å². The molecule has 0 saturated heterocycles. The lowest BCUT2D eigenvalue weighted by Crippen LogP contribution is -2.00. The summed E-state index contributed by atoms with van der Waals surface area (Å²) in [6.45, 7) is 4.66. The molecule has 3 nitrogen and oxygen atoms in total. The van der Waals surface area contributed by atoms with Crippen LogP contribution in [0, 0.1) is 13.8 Å². The molecule has 0 unspecified atom stereocenters. The second-order valence-electron chi connectivity index (χ2n) is 4.63. The first kappa shape index (κ1) is 13.3. The molecule has 0 aromatic heterocycles. The van der Waals surface area contributed by atoms with Crippen LogP contribution in [0.2, 0.25) is 0 Å². The third-order valence-corrected chi connectivity index (χ3v) is 3.08. The number of rotatable bonds is 4. The van der Waals surface area contributed by atoms with Crippen molar-refractivity contribution in [3.63, 3.8) is 0 Å². The number of hydrogen-bond donors (Lipinski definition) is 1. The molecule has 0 spiro atoms. The van der Waals surface area contributed by atoms with Crippen molar-refractivity contribution in [3.8, 4) is 11.5 Å². The predicted octanol–water partition coefficient (Wildman–Crippen LogP) is 3.47. The van der Waals surface area contributed by atoms with Gasteiger partial charge in [0, 0.05) is 11.8 Å². The maximum atomic E-state index is 5.83. The summed E-state index contributed by atoms with van der Waals surface area (Å²) < 4.78 is 11.1. The molecule has 0 radical (unpaired) electrons. The lowest BCUT2D eigenvalue weighted by molar-refractivity contribution is 0.284. The lowest BCUT2D eigenvalue weighted by atomic mass is 10.1. The van der Waals surface area contributed by atoms with Crippen molar-refractivity contribution in [1.29, 1.82) is 0 Å². The average Bonchev–Trinajstić information content (AvgIpc) is 2.40. The van der Waals surface area contributed by atoms with E-state index < -0.39 is 0 Å². The second kappa shape index (κ2) is 5.65. The van der Waals surface area contributed by atoms with Crippen LogP contribution < -0.4 is 15.2 Å². The summed E-state index contributed by atoms with van der Waals surface area (Å²) in [5.74, 6) is 1.36. The number of anilines is 1. The SMILES string of the molecule is COc1ccc(N)cc1OCc1cc(C)ccc1C. The quantitative estimate of drug-likeness (QED) is 0.853. The fourth-order valence-corrected chi connectivity index (χ4v) is 1.92. The van der Waals surface area contributed by atoms with Crippen molar-refractivity contribution in [2.75, 3.05) is 12.8 Å². The van der Waals surface area contributed by atoms with Gasteiger partial charge in [-0.3, -0.25) is 0 Å². The Balaban J connectivity index is 2.18. The van der Waals surface area contributed by atoms with Gasteiger partial charge in [0.15, 0.2) is 11.5 Å². The number of nitrogen functional groups attached to an aromatic ring is 1. The zero-order valence-electron chi connectivity index (χ0n) is 11.6. The summed E-state index contributed by atoms with van der Waals surface area (Å²) in [6.07, 6.45) is 0. The van der Waals surface area contributed by atoms with Crippen LogP contribution in [0.25, 0.3) is 0 Å². The molecule has 0 amide bonds. The molecule has 2 aromatic carbocycles. The highest BCUT2D eigenvalue weighted by Crippen LogP contribution is 2.30. The van der Waals surface area contributed by atoms with Crippen molar-refractivity contribution in [2.24, 2.45) is 0 Å². The number of ether oxygens (including phenoxy) is 2. The van der Waals surface area contributed by atoms with E-state index in [9.17, 15) is 0 Å². The number of benzene rings is 2. The number of hydrogen-bond acceptors (Lipinski definition) is 3. The Labute approximate surface area is 114 Å². The van der Waals surface area contributed by atoms with Crippen LogP contribution >= 0.6 is 0 Å². The Morgan fingerprint density at radius 3 is 2.53 bits per heavy atom. The molecule has 2 rings (SSSR count). The molecule has 0 bridgehead atoms. The van der Waals surface area contributed by atoms with Crippen LogP contribution in [0.15, 0.2) is 36.4 Å². The van der Waals surface area contributed by atoms with Crippen molar-refractivity contribution in [2.45, 2.75) is 20.5 Å². The smallest absolute Gasteiger partial charge is 0.163 e. The Bertz CT molecular complexity index is 579. The summed E-state index contributed by atoms with van der Waals surface area (Å²) in [6, 6.07) is 11.7. The molecular formula is C16H19NO2. The average molecular weight is 257 g/mol. The molecule has 2 N–H and O–H groups in total. The van der Waals surface area contributed by atoms with E-state index in [0.29, 0.717) is 23.8 Å². The van der Waals surface area contributed by atoms with Gasteiger partial charge in [-0.25, -0.2) is 0 Å². The van der Waals surface area contributed by atoms with Gasteiger partial charge in [-0.1, -0.05) is 23.8 Å². The molecule has 0 aliphatic rings. The molecule has 2 aromatic rings. The van der Waals surface area contributed by atoms with Crippen LogP contribution in [0.3, 0.4) is 0 Å². The van der Waals surface area contributed by atoms with Gasteiger partial charge >= 0.3 is 0 Å². The highest BCUT2D eigenvalue weighted by atomic mass is 16.5. The van der Waals surface area contributed by atoms with E-state index >= 15 is 0 Å². The van der Waals surface area contributed by atoms with Gasteiger partial charge in [-0.05, 0) is 37.1 Å². The monoisotopic (exact) mass is 257 g/mol. The third kappa shape index (κ3) is 3.19. The highest BCUT2D eigenvalue weighted by Gasteiger charge is 2.06. The zero-order chi connectivity index (χ0) is 13.8. The van der Waals surface area contributed by atoms with Gasteiger partial charge < -0.3 is 15.2 Å². The summed E-state index contributed by atoms with van der Waals surface area (Å²) in [7, 11) is 1.62. The number of methoxy groups -OCH3 is 1. The van der Waals surface area contributed by atoms with Crippen molar-refractivity contribution >= 4 is 5.69 Å².